The second-order valence-corrected chi connectivity index (χ2v) is 5.97. The van der Waals surface area contributed by atoms with Crippen LogP contribution < -0.4 is 5.32 Å². The maximum absolute atomic E-state index is 11.9. The van der Waals surface area contributed by atoms with Gasteiger partial charge in [-0.25, -0.2) is 0 Å². The van der Waals surface area contributed by atoms with Crippen molar-refractivity contribution in [3.8, 4) is 0 Å². The summed E-state index contributed by atoms with van der Waals surface area (Å²) in [4.78, 5) is 28.7. The van der Waals surface area contributed by atoms with Gasteiger partial charge in [0.15, 0.2) is 0 Å². The topological polar surface area (TPSA) is 84.4 Å². The van der Waals surface area contributed by atoms with Gasteiger partial charge in [0.25, 0.3) is 0 Å². The smallest absolute Gasteiger partial charge is 0.223 e. The first-order chi connectivity index (χ1) is 9.65. The van der Waals surface area contributed by atoms with Crippen LogP contribution in [0.3, 0.4) is 0 Å². The minimum absolute atomic E-state index is 0.137. The van der Waals surface area contributed by atoms with Crippen LogP contribution in [-0.2, 0) is 14.3 Å². The minimum Gasteiger partial charge on any atom is -0.378 e. The molecule has 110 valence electrons. The maximum atomic E-state index is 11.9. The molecular formula is C11H16N4O3S2. The molecular weight excluding hydrogens is 300 g/mol. The van der Waals surface area contributed by atoms with Gasteiger partial charge in [-0.15, -0.1) is 0 Å². The number of amides is 2. The molecule has 1 saturated heterocycles. The second kappa shape index (κ2) is 7.55. The van der Waals surface area contributed by atoms with Crippen molar-refractivity contribution in [3.63, 3.8) is 0 Å². The van der Waals surface area contributed by atoms with E-state index in [1.807, 2.05) is 4.90 Å². The van der Waals surface area contributed by atoms with Crippen molar-refractivity contribution in [1.29, 1.82) is 0 Å². The van der Waals surface area contributed by atoms with Gasteiger partial charge in [0.05, 0.1) is 13.2 Å². The Morgan fingerprint density at radius 3 is 2.90 bits per heavy atom. The van der Waals surface area contributed by atoms with Crippen LogP contribution in [-0.4, -0.2) is 58.1 Å². The number of rotatable bonds is 5. The first kappa shape index (κ1) is 15.2. The number of ether oxygens (including phenoxy) is 1. The molecule has 1 N–H and O–H groups in total. The SMILES string of the molecule is CC(=O)Nc1nc(SCCC(=O)N2CCOCC2)ns1. The highest BCUT2D eigenvalue weighted by atomic mass is 32.2. The maximum Gasteiger partial charge on any atom is 0.223 e. The summed E-state index contributed by atoms with van der Waals surface area (Å²) < 4.78 is 9.32. The molecule has 1 aliphatic heterocycles. The molecule has 0 aliphatic carbocycles. The molecule has 0 unspecified atom stereocenters. The number of aromatic nitrogens is 2. The summed E-state index contributed by atoms with van der Waals surface area (Å²) in [5.74, 6) is 0.602. The third kappa shape index (κ3) is 4.73. The summed E-state index contributed by atoms with van der Waals surface area (Å²) in [5.41, 5.74) is 0. The largest absolute Gasteiger partial charge is 0.378 e. The highest BCUT2D eigenvalue weighted by molar-refractivity contribution is 7.99. The predicted molar refractivity (Wildman–Crippen MR) is 77.0 cm³/mol. The number of morpholine rings is 1. The number of thioether (sulfide) groups is 1. The fourth-order valence-corrected chi connectivity index (χ4v) is 3.19. The molecule has 7 nitrogen and oxygen atoms in total. The predicted octanol–water partition coefficient (Wildman–Crippen LogP) is 0.837. The van der Waals surface area contributed by atoms with Crippen LogP contribution in [0.5, 0.6) is 0 Å². The van der Waals surface area contributed by atoms with Gasteiger partial charge >= 0.3 is 0 Å². The van der Waals surface area contributed by atoms with Crippen molar-refractivity contribution in [2.45, 2.75) is 18.5 Å². The fourth-order valence-electron chi connectivity index (χ4n) is 1.67. The molecule has 2 amide bonds. The molecule has 1 aliphatic rings. The quantitative estimate of drug-likeness (QED) is 0.810. The van der Waals surface area contributed by atoms with Crippen LogP contribution >= 0.6 is 23.3 Å². The summed E-state index contributed by atoms with van der Waals surface area (Å²) >= 11 is 2.56. The Morgan fingerprint density at radius 1 is 1.45 bits per heavy atom. The second-order valence-electron chi connectivity index (χ2n) is 4.15. The van der Waals surface area contributed by atoms with Crippen LogP contribution in [0, 0.1) is 0 Å². The van der Waals surface area contributed by atoms with E-state index in [-0.39, 0.29) is 11.8 Å². The van der Waals surface area contributed by atoms with E-state index in [9.17, 15) is 9.59 Å². The first-order valence-electron chi connectivity index (χ1n) is 6.25. The van der Waals surface area contributed by atoms with E-state index < -0.39 is 0 Å². The van der Waals surface area contributed by atoms with E-state index in [2.05, 4.69) is 14.7 Å². The number of hydrogen-bond acceptors (Lipinski definition) is 7. The zero-order valence-electron chi connectivity index (χ0n) is 11.1. The summed E-state index contributed by atoms with van der Waals surface area (Å²) in [6.45, 7) is 4.00. The third-order valence-corrected chi connectivity index (χ3v) is 4.20. The van der Waals surface area contributed by atoms with Gasteiger partial charge in [0.1, 0.15) is 0 Å². The Kier molecular flexibility index (Phi) is 5.74. The van der Waals surface area contributed by atoms with Crippen LogP contribution in [0.25, 0.3) is 0 Å². The highest BCUT2D eigenvalue weighted by Crippen LogP contribution is 2.20. The van der Waals surface area contributed by atoms with E-state index in [0.29, 0.717) is 48.8 Å². The van der Waals surface area contributed by atoms with Crippen LogP contribution in [0.1, 0.15) is 13.3 Å². The summed E-state index contributed by atoms with van der Waals surface area (Å²) in [6, 6.07) is 0. The monoisotopic (exact) mass is 316 g/mol. The molecule has 0 aromatic carbocycles. The first-order valence-corrected chi connectivity index (χ1v) is 8.00. The number of nitrogens with zero attached hydrogens (tertiary/aromatic N) is 3. The van der Waals surface area contributed by atoms with Gasteiger partial charge in [-0.05, 0) is 0 Å². The van der Waals surface area contributed by atoms with Crippen LogP contribution in [0.4, 0.5) is 5.13 Å². The van der Waals surface area contributed by atoms with Gasteiger partial charge in [-0.3, -0.25) is 9.59 Å². The van der Waals surface area contributed by atoms with Gasteiger partial charge in [0.2, 0.25) is 22.1 Å². The van der Waals surface area contributed by atoms with Gasteiger partial charge < -0.3 is 15.0 Å². The Balaban J connectivity index is 1.70. The van der Waals surface area contributed by atoms with E-state index in [0.717, 1.165) is 11.5 Å². The number of nitrogens with one attached hydrogen (secondary N) is 1. The normalized spacial score (nSPS) is 15.2. The van der Waals surface area contributed by atoms with Crippen molar-refractivity contribution in [2.24, 2.45) is 0 Å². The zero-order valence-corrected chi connectivity index (χ0v) is 12.8. The molecule has 9 heteroatoms. The Hall–Kier alpha value is -1.19. The molecule has 1 fully saturated rings. The van der Waals surface area contributed by atoms with E-state index in [1.165, 1.54) is 18.7 Å². The lowest BCUT2D eigenvalue weighted by atomic mass is 10.3. The molecule has 0 atom stereocenters. The number of carbonyl (C=O) groups excluding carboxylic acids is 2. The van der Waals surface area contributed by atoms with Crippen molar-refractivity contribution < 1.29 is 14.3 Å². The Labute approximate surface area is 125 Å². The lowest BCUT2D eigenvalue weighted by molar-refractivity contribution is -0.134. The minimum atomic E-state index is -0.166. The summed E-state index contributed by atoms with van der Waals surface area (Å²) in [6.07, 6.45) is 0.458. The van der Waals surface area contributed by atoms with E-state index >= 15 is 0 Å². The Bertz CT molecular complexity index is 474. The molecule has 0 saturated carbocycles. The number of carbonyl (C=O) groups is 2. The van der Waals surface area contributed by atoms with Crippen LogP contribution in [0.15, 0.2) is 5.16 Å². The molecule has 0 spiro atoms. The number of hydrogen-bond donors (Lipinski definition) is 1. The van der Waals surface area contributed by atoms with Crippen LogP contribution in [0.2, 0.25) is 0 Å². The fraction of sp³-hybridized carbons (Fsp3) is 0.636. The molecule has 2 heterocycles. The van der Waals surface area contributed by atoms with Gasteiger partial charge in [0, 0.05) is 43.7 Å². The molecule has 1 aromatic rings. The van der Waals surface area contributed by atoms with Crippen molar-refractivity contribution >= 4 is 40.2 Å². The molecule has 0 bridgehead atoms. The van der Waals surface area contributed by atoms with Crippen molar-refractivity contribution in [1.82, 2.24) is 14.3 Å². The summed E-state index contributed by atoms with van der Waals surface area (Å²) in [7, 11) is 0. The highest BCUT2D eigenvalue weighted by Gasteiger charge is 2.16. The summed E-state index contributed by atoms with van der Waals surface area (Å²) in [5, 5.41) is 3.66. The standard InChI is InChI=1S/C11H16N4O3S2/c1-8(16)12-10-13-11(14-20-10)19-7-2-9(17)15-3-5-18-6-4-15/h2-7H2,1H3,(H,12,13,14,16). The van der Waals surface area contributed by atoms with Crippen molar-refractivity contribution in [3.05, 3.63) is 0 Å². The third-order valence-electron chi connectivity index (χ3n) is 2.60. The molecule has 20 heavy (non-hydrogen) atoms. The Morgan fingerprint density at radius 2 is 2.20 bits per heavy atom. The van der Waals surface area contributed by atoms with Gasteiger partial charge in [-0.1, -0.05) is 11.8 Å². The molecule has 1 aromatic heterocycles. The van der Waals surface area contributed by atoms with Crippen molar-refractivity contribution in [2.75, 3.05) is 37.4 Å². The zero-order chi connectivity index (χ0) is 14.4. The van der Waals surface area contributed by atoms with E-state index in [4.69, 9.17) is 4.74 Å². The lowest BCUT2D eigenvalue weighted by Gasteiger charge is -2.26. The van der Waals surface area contributed by atoms with E-state index in [1.54, 1.807) is 0 Å². The lowest BCUT2D eigenvalue weighted by Crippen LogP contribution is -2.40. The molecule has 0 radical (unpaired) electrons. The average Bonchev–Trinajstić information content (AvgIpc) is 2.86. The number of anilines is 1. The van der Waals surface area contributed by atoms with Gasteiger partial charge in [-0.2, -0.15) is 9.36 Å². The molecule has 2 rings (SSSR count). The average molecular weight is 316 g/mol.